The number of nitrogens with one attached hydrogen (secondary N) is 3. The van der Waals surface area contributed by atoms with Gasteiger partial charge in [-0.25, -0.2) is 0 Å². The molecule has 188 valence electrons. The molecule has 0 aliphatic heterocycles. The van der Waals surface area contributed by atoms with Gasteiger partial charge in [0.15, 0.2) is 18.1 Å². The van der Waals surface area contributed by atoms with Crippen molar-refractivity contribution in [3.05, 3.63) is 82.4 Å². The Morgan fingerprint density at radius 3 is 2.36 bits per heavy atom. The van der Waals surface area contributed by atoms with Crippen molar-refractivity contribution in [2.75, 3.05) is 44.5 Å². The smallest absolute Gasteiger partial charge is 0.292 e. The molecule has 0 saturated carbocycles. The number of nitro benzene ring substituents is 1. The lowest BCUT2D eigenvalue weighted by atomic mass is 10.2. The van der Waals surface area contributed by atoms with Crippen LogP contribution in [-0.2, 0) is 4.79 Å². The number of benzene rings is 3. The van der Waals surface area contributed by atoms with Crippen molar-refractivity contribution >= 4 is 28.9 Å². The molecule has 0 aliphatic rings. The molecular weight excluding hydrogens is 468 g/mol. The second-order valence-corrected chi connectivity index (χ2v) is 7.39. The largest absolute Gasteiger partial charge is 0.497 e. The highest BCUT2D eigenvalue weighted by atomic mass is 16.6. The lowest BCUT2D eigenvalue weighted by Gasteiger charge is -2.13. The quantitative estimate of drug-likeness (QED) is 0.197. The maximum Gasteiger partial charge on any atom is 0.292 e. The average molecular weight is 495 g/mol. The summed E-state index contributed by atoms with van der Waals surface area (Å²) in [5, 5.41) is 19.5. The van der Waals surface area contributed by atoms with Crippen LogP contribution in [0.25, 0.3) is 0 Å². The first-order valence-electron chi connectivity index (χ1n) is 10.9. The van der Waals surface area contributed by atoms with Gasteiger partial charge in [-0.1, -0.05) is 12.1 Å². The number of rotatable bonds is 12. The van der Waals surface area contributed by atoms with E-state index >= 15 is 0 Å². The Balaban J connectivity index is 1.50. The van der Waals surface area contributed by atoms with E-state index in [-0.39, 0.29) is 42.9 Å². The second-order valence-electron chi connectivity index (χ2n) is 7.39. The molecule has 0 unspecified atom stereocenters. The molecule has 0 radical (unpaired) electrons. The Kier molecular flexibility index (Phi) is 9.04. The van der Waals surface area contributed by atoms with Crippen LogP contribution in [0.1, 0.15) is 10.4 Å². The zero-order chi connectivity index (χ0) is 25.9. The lowest BCUT2D eigenvalue weighted by molar-refractivity contribution is -0.384. The van der Waals surface area contributed by atoms with Gasteiger partial charge in [0, 0.05) is 30.4 Å². The van der Waals surface area contributed by atoms with Gasteiger partial charge < -0.3 is 30.2 Å². The number of nitrogens with zero attached hydrogens (tertiary/aromatic N) is 1. The number of para-hydroxylation sites is 2. The Morgan fingerprint density at radius 1 is 0.917 bits per heavy atom. The zero-order valence-electron chi connectivity index (χ0n) is 19.8. The summed E-state index contributed by atoms with van der Waals surface area (Å²) in [7, 11) is 2.99. The van der Waals surface area contributed by atoms with Crippen molar-refractivity contribution in [3.63, 3.8) is 0 Å². The second kappa shape index (κ2) is 12.6. The number of hydrogen-bond donors (Lipinski definition) is 3. The minimum Gasteiger partial charge on any atom is -0.497 e. The summed E-state index contributed by atoms with van der Waals surface area (Å²) in [5.74, 6) is 0.543. The van der Waals surface area contributed by atoms with E-state index in [1.807, 2.05) is 0 Å². The Bertz CT molecular complexity index is 1220. The van der Waals surface area contributed by atoms with Gasteiger partial charge in [0.05, 0.1) is 19.1 Å². The van der Waals surface area contributed by atoms with E-state index in [0.717, 1.165) is 0 Å². The van der Waals surface area contributed by atoms with E-state index in [0.29, 0.717) is 28.4 Å². The summed E-state index contributed by atoms with van der Waals surface area (Å²) in [6, 6.07) is 17.7. The highest BCUT2D eigenvalue weighted by Crippen LogP contribution is 2.28. The fourth-order valence-electron chi connectivity index (χ4n) is 3.20. The number of carbonyl (C=O) groups excluding carboxylic acids is 2. The minimum atomic E-state index is -0.473. The maximum atomic E-state index is 12.5. The summed E-state index contributed by atoms with van der Waals surface area (Å²) in [5.41, 5.74) is 1.25. The van der Waals surface area contributed by atoms with Crippen molar-refractivity contribution in [1.82, 2.24) is 5.32 Å². The monoisotopic (exact) mass is 494 g/mol. The first-order chi connectivity index (χ1) is 17.4. The molecule has 36 heavy (non-hydrogen) atoms. The number of hydrogen-bond acceptors (Lipinski definition) is 8. The molecule has 11 nitrogen and oxygen atoms in total. The van der Waals surface area contributed by atoms with Crippen LogP contribution in [0.4, 0.5) is 17.1 Å². The predicted molar refractivity (Wildman–Crippen MR) is 134 cm³/mol. The molecule has 0 bridgehead atoms. The molecule has 0 spiro atoms. The highest BCUT2D eigenvalue weighted by molar-refractivity contribution is 5.95. The summed E-state index contributed by atoms with van der Waals surface area (Å²) in [4.78, 5) is 35.3. The molecule has 0 atom stereocenters. The molecule has 0 fully saturated rings. The molecule has 3 aromatic rings. The third-order valence-electron chi connectivity index (χ3n) is 4.99. The van der Waals surface area contributed by atoms with Gasteiger partial charge in [-0.05, 0) is 48.5 Å². The number of ether oxygens (including phenoxy) is 3. The van der Waals surface area contributed by atoms with Crippen LogP contribution >= 0.6 is 0 Å². The normalized spacial score (nSPS) is 10.2. The van der Waals surface area contributed by atoms with Crippen LogP contribution in [0, 0.1) is 10.1 Å². The van der Waals surface area contributed by atoms with E-state index in [9.17, 15) is 19.7 Å². The minimum absolute atomic E-state index is 0.0400. The predicted octanol–water partition coefficient (Wildman–Crippen LogP) is 3.47. The SMILES string of the molecule is COc1ccc(NC(=O)COc2ccc(C(=O)NCCNc3ccccc3[N+](=O)[O-])cc2OC)cc1. The van der Waals surface area contributed by atoms with Crippen molar-refractivity contribution in [1.29, 1.82) is 0 Å². The van der Waals surface area contributed by atoms with E-state index in [2.05, 4.69) is 16.0 Å². The van der Waals surface area contributed by atoms with Crippen LogP contribution in [0.3, 0.4) is 0 Å². The van der Waals surface area contributed by atoms with E-state index < -0.39 is 4.92 Å². The number of carbonyl (C=O) groups is 2. The third kappa shape index (κ3) is 7.10. The summed E-state index contributed by atoms with van der Waals surface area (Å²) >= 11 is 0. The van der Waals surface area contributed by atoms with Crippen LogP contribution < -0.4 is 30.2 Å². The van der Waals surface area contributed by atoms with E-state index in [1.165, 1.54) is 19.2 Å². The summed E-state index contributed by atoms with van der Waals surface area (Å²) in [6.45, 7) is 0.264. The Morgan fingerprint density at radius 2 is 1.67 bits per heavy atom. The summed E-state index contributed by atoms with van der Waals surface area (Å²) in [6.07, 6.45) is 0. The zero-order valence-corrected chi connectivity index (χ0v) is 19.8. The first kappa shape index (κ1) is 25.8. The number of methoxy groups -OCH3 is 2. The van der Waals surface area contributed by atoms with Crippen molar-refractivity contribution < 1.29 is 28.7 Å². The third-order valence-corrected chi connectivity index (χ3v) is 4.99. The molecule has 3 rings (SSSR count). The molecule has 0 aromatic heterocycles. The fraction of sp³-hybridized carbons (Fsp3) is 0.200. The van der Waals surface area contributed by atoms with Gasteiger partial charge >= 0.3 is 0 Å². The lowest BCUT2D eigenvalue weighted by Crippen LogP contribution is -2.28. The van der Waals surface area contributed by atoms with Gasteiger partial charge in [0.2, 0.25) is 0 Å². The molecule has 2 amide bonds. The fourth-order valence-corrected chi connectivity index (χ4v) is 3.20. The van der Waals surface area contributed by atoms with Gasteiger partial charge in [-0.2, -0.15) is 0 Å². The van der Waals surface area contributed by atoms with Crippen molar-refractivity contribution in [2.24, 2.45) is 0 Å². The number of nitro groups is 1. The topological polar surface area (TPSA) is 141 Å². The average Bonchev–Trinajstić information content (AvgIpc) is 2.90. The molecular formula is C25H26N4O7. The first-order valence-corrected chi connectivity index (χ1v) is 10.9. The molecule has 11 heteroatoms. The van der Waals surface area contributed by atoms with Gasteiger partial charge in [0.1, 0.15) is 11.4 Å². The Labute approximate surface area is 207 Å². The van der Waals surface area contributed by atoms with Gasteiger partial charge in [-0.3, -0.25) is 19.7 Å². The van der Waals surface area contributed by atoms with Gasteiger partial charge in [-0.15, -0.1) is 0 Å². The standard InChI is InChI=1S/C25H26N4O7/c1-34-19-10-8-18(9-11-19)28-24(30)16-36-22-12-7-17(15-23(22)35-2)25(31)27-14-13-26-20-5-3-4-6-21(20)29(32)33/h3-12,15,26H,13-14,16H2,1-2H3,(H,27,31)(H,28,30). The molecule has 0 heterocycles. The molecule has 3 aromatic carbocycles. The van der Waals surface area contributed by atoms with E-state index in [1.54, 1.807) is 61.7 Å². The van der Waals surface area contributed by atoms with Crippen LogP contribution in [0.5, 0.6) is 17.2 Å². The maximum absolute atomic E-state index is 12.5. The Hall–Kier alpha value is -4.80. The van der Waals surface area contributed by atoms with Crippen molar-refractivity contribution in [2.45, 2.75) is 0 Å². The van der Waals surface area contributed by atoms with Gasteiger partial charge in [0.25, 0.3) is 17.5 Å². The van der Waals surface area contributed by atoms with Crippen LogP contribution in [0.15, 0.2) is 66.7 Å². The van der Waals surface area contributed by atoms with E-state index in [4.69, 9.17) is 14.2 Å². The molecule has 3 N–H and O–H groups in total. The highest BCUT2D eigenvalue weighted by Gasteiger charge is 2.14. The number of amides is 2. The van der Waals surface area contributed by atoms with Crippen molar-refractivity contribution in [3.8, 4) is 17.2 Å². The number of anilines is 2. The molecule has 0 saturated heterocycles. The molecule has 0 aliphatic carbocycles. The van der Waals surface area contributed by atoms with Crippen LogP contribution in [-0.4, -0.2) is 50.7 Å². The summed E-state index contributed by atoms with van der Waals surface area (Å²) < 4.78 is 15.9. The van der Waals surface area contributed by atoms with Crippen LogP contribution in [0.2, 0.25) is 0 Å².